The van der Waals surface area contributed by atoms with Crippen molar-refractivity contribution in [3.63, 3.8) is 0 Å². The van der Waals surface area contributed by atoms with Crippen LogP contribution in [0.5, 0.6) is 0 Å². The van der Waals surface area contributed by atoms with Gasteiger partial charge in [-0.25, -0.2) is 0 Å². The smallest absolute Gasteiger partial charge is 0.305 e. The Morgan fingerprint density at radius 2 is 2.07 bits per heavy atom. The van der Waals surface area contributed by atoms with E-state index in [1.54, 1.807) is 0 Å². The fraction of sp³-hybridized carbons (Fsp3) is 0.917. The van der Waals surface area contributed by atoms with Gasteiger partial charge < -0.3 is 4.74 Å². The van der Waals surface area contributed by atoms with E-state index >= 15 is 0 Å². The number of hydrogen-bond donors (Lipinski definition) is 0. The van der Waals surface area contributed by atoms with E-state index in [9.17, 15) is 4.79 Å². The van der Waals surface area contributed by atoms with Gasteiger partial charge in [0.15, 0.2) is 0 Å². The van der Waals surface area contributed by atoms with Crippen molar-refractivity contribution in [3.05, 3.63) is 0 Å². The molecule has 0 aromatic heterocycles. The van der Waals surface area contributed by atoms with Crippen LogP contribution in [0.15, 0.2) is 0 Å². The number of carbonyl (C=O) groups is 1. The van der Waals surface area contributed by atoms with Crippen molar-refractivity contribution in [1.29, 1.82) is 0 Å². The second-order valence-corrected chi connectivity index (χ2v) is 4.26. The van der Waals surface area contributed by atoms with E-state index in [1.165, 1.54) is 25.7 Å². The summed E-state index contributed by atoms with van der Waals surface area (Å²) in [6.07, 6.45) is 9.13. The number of esters is 1. The van der Waals surface area contributed by atoms with E-state index < -0.39 is 0 Å². The van der Waals surface area contributed by atoms with Crippen LogP contribution in [0, 0.1) is 5.92 Å². The van der Waals surface area contributed by atoms with Crippen molar-refractivity contribution >= 4 is 5.97 Å². The molecule has 0 unspecified atom stereocenters. The third-order valence-electron chi connectivity index (χ3n) is 3.00. The average molecular weight is 198 g/mol. The van der Waals surface area contributed by atoms with E-state index in [0.29, 0.717) is 13.0 Å². The molecule has 0 amide bonds. The Morgan fingerprint density at radius 1 is 1.36 bits per heavy atom. The molecule has 0 N–H and O–H groups in total. The molecule has 0 heterocycles. The van der Waals surface area contributed by atoms with Crippen LogP contribution in [0.4, 0.5) is 0 Å². The highest BCUT2D eigenvalue weighted by atomic mass is 16.5. The topological polar surface area (TPSA) is 26.3 Å². The standard InChI is InChI=1S/C12H22O2/c1-2-3-8-12(13)14-10-9-11-6-4-5-7-11/h11H,2-10H2,1H3. The van der Waals surface area contributed by atoms with Crippen molar-refractivity contribution in [1.82, 2.24) is 0 Å². The van der Waals surface area contributed by atoms with Gasteiger partial charge in [0, 0.05) is 6.42 Å². The minimum atomic E-state index is -0.00940. The van der Waals surface area contributed by atoms with Crippen molar-refractivity contribution in [2.45, 2.75) is 58.3 Å². The van der Waals surface area contributed by atoms with Gasteiger partial charge in [-0.3, -0.25) is 4.79 Å². The van der Waals surface area contributed by atoms with Gasteiger partial charge in [-0.1, -0.05) is 39.0 Å². The summed E-state index contributed by atoms with van der Waals surface area (Å²) < 4.78 is 5.17. The predicted octanol–water partition coefficient (Wildman–Crippen LogP) is 3.30. The van der Waals surface area contributed by atoms with Gasteiger partial charge in [-0.15, -0.1) is 0 Å². The van der Waals surface area contributed by atoms with Crippen molar-refractivity contribution < 1.29 is 9.53 Å². The molecule has 1 aliphatic rings. The van der Waals surface area contributed by atoms with E-state index in [1.807, 2.05) is 0 Å². The largest absolute Gasteiger partial charge is 0.466 e. The maximum absolute atomic E-state index is 11.2. The lowest BCUT2D eigenvalue weighted by Crippen LogP contribution is -2.08. The first-order chi connectivity index (χ1) is 6.83. The Labute approximate surface area is 87.0 Å². The first-order valence-corrected chi connectivity index (χ1v) is 5.98. The van der Waals surface area contributed by atoms with Gasteiger partial charge in [0.05, 0.1) is 6.61 Å². The van der Waals surface area contributed by atoms with Gasteiger partial charge >= 0.3 is 5.97 Å². The summed E-state index contributed by atoms with van der Waals surface area (Å²) >= 11 is 0. The highest BCUT2D eigenvalue weighted by Crippen LogP contribution is 2.27. The Hall–Kier alpha value is -0.530. The molecule has 0 atom stereocenters. The molecule has 2 heteroatoms. The highest BCUT2D eigenvalue weighted by Gasteiger charge is 2.15. The van der Waals surface area contributed by atoms with E-state index in [4.69, 9.17) is 4.74 Å². The molecule has 0 bridgehead atoms. The summed E-state index contributed by atoms with van der Waals surface area (Å²) in [6, 6.07) is 0. The van der Waals surface area contributed by atoms with Crippen molar-refractivity contribution in [2.75, 3.05) is 6.61 Å². The van der Waals surface area contributed by atoms with Crippen LogP contribution in [-0.4, -0.2) is 12.6 Å². The van der Waals surface area contributed by atoms with E-state index in [-0.39, 0.29) is 5.97 Å². The van der Waals surface area contributed by atoms with E-state index in [2.05, 4.69) is 6.92 Å². The highest BCUT2D eigenvalue weighted by molar-refractivity contribution is 5.69. The number of rotatable bonds is 6. The van der Waals surface area contributed by atoms with Crippen LogP contribution in [0.25, 0.3) is 0 Å². The van der Waals surface area contributed by atoms with Crippen LogP contribution in [0.3, 0.4) is 0 Å². The summed E-state index contributed by atoms with van der Waals surface area (Å²) in [6.45, 7) is 2.74. The number of ether oxygens (including phenoxy) is 1. The molecule has 0 aliphatic heterocycles. The molecular formula is C12H22O2. The molecule has 0 radical (unpaired) electrons. The summed E-state index contributed by atoms with van der Waals surface area (Å²) in [4.78, 5) is 11.2. The SMILES string of the molecule is CCCCC(=O)OCCC1CCCC1. The fourth-order valence-corrected chi connectivity index (χ4v) is 2.03. The van der Waals surface area contributed by atoms with Crippen LogP contribution in [-0.2, 0) is 9.53 Å². The van der Waals surface area contributed by atoms with Crippen LogP contribution >= 0.6 is 0 Å². The quantitative estimate of drug-likeness (QED) is 0.612. The molecule has 0 aromatic rings. The minimum absolute atomic E-state index is 0.00940. The first kappa shape index (κ1) is 11.5. The molecule has 0 spiro atoms. The maximum Gasteiger partial charge on any atom is 0.305 e. The molecule has 1 rings (SSSR count). The zero-order valence-corrected chi connectivity index (χ0v) is 9.26. The Morgan fingerprint density at radius 3 is 2.71 bits per heavy atom. The van der Waals surface area contributed by atoms with Gasteiger partial charge in [0.25, 0.3) is 0 Å². The van der Waals surface area contributed by atoms with Gasteiger partial charge in [-0.2, -0.15) is 0 Å². The monoisotopic (exact) mass is 198 g/mol. The Kier molecular flexibility index (Phi) is 5.65. The van der Waals surface area contributed by atoms with E-state index in [0.717, 1.165) is 25.2 Å². The molecule has 2 nitrogen and oxygen atoms in total. The Bertz CT molecular complexity index is 160. The summed E-state index contributed by atoms with van der Waals surface area (Å²) in [5.74, 6) is 0.818. The first-order valence-electron chi connectivity index (χ1n) is 5.98. The van der Waals surface area contributed by atoms with Gasteiger partial charge in [0.1, 0.15) is 0 Å². The number of carbonyl (C=O) groups excluding carboxylic acids is 1. The molecule has 14 heavy (non-hydrogen) atoms. The molecular weight excluding hydrogens is 176 g/mol. The minimum Gasteiger partial charge on any atom is -0.466 e. The molecule has 1 saturated carbocycles. The molecule has 82 valence electrons. The fourth-order valence-electron chi connectivity index (χ4n) is 2.03. The second-order valence-electron chi connectivity index (χ2n) is 4.26. The molecule has 0 saturated heterocycles. The van der Waals surface area contributed by atoms with Gasteiger partial charge in [0.2, 0.25) is 0 Å². The average Bonchev–Trinajstić information content (AvgIpc) is 2.67. The van der Waals surface area contributed by atoms with Crippen molar-refractivity contribution in [3.8, 4) is 0 Å². The summed E-state index contributed by atoms with van der Waals surface area (Å²) in [7, 11) is 0. The van der Waals surface area contributed by atoms with Crippen LogP contribution in [0.2, 0.25) is 0 Å². The zero-order chi connectivity index (χ0) is 10.2. The second kappa shape index (κ2) is 6.86. The molecule has 1 fully saturated rings. The predicted molar refractivity (Wildman–Crippen MR) is 57.1 cm³/mol. The summed E-state index contributed by atoms with van der Waals surface area (Å²) in [5, 5.41) is 0. The summed E-state index contributed by atoms with van der Waals surface area (Å²) in [5.41, 5.74) is 0. The lowest BCUT2D eigenvalue weighted by atomic mass is 10.1. The normalized spacial score (nSPS) is 17.2. The van der Waals surface area contributed by atoms with Crippen LogP contribution in [0.1, 0.15) is 58.3 Å². The molecule has 0 aromatic carbocycles. The van der Waals surface area contributed by atoms with Gasteiger partial charge in [-0.05, 0) is 18.8 Å². The lowest BCUT2D eigenvalue weighted by Gasteiger charge is -2.08. The zero-order valence-electron chi connectivity index (χ0n) is 9.26. The third kappa shape index (κ3) is 4.64. The molecule has 1 aliphatic carbocycles. The number of unbranched alkanes of at least 4 members (excludes halogenated alkanes) is 1. The third-order valence-corrected chi connectivity index (χ3v) is 3.00. The Balaban J connectivity index is 1.94. The van der Waals surface area contributed by atoms with Crippen LogP contribution < -0.4 is 0 Å². The number of hydrogen-bond acceptors (Lipinski definition) is 2. The van der Waals surface area contributed by atoms with Crippen molar-refractivity contribution in [2.24, 2.45) is 5.92 Å². The maximum atomic E-state index is 11.2. The lowest BCUT2D eigenvalue weighted by molar-refractivity contribution is -0.144.